The van der Waals surface area contributed by atoms with Gasteiger partial charge in [-0.2, -0.15) is 0 Å². The highest BCUT2D eigenvalue weighted by Gasteiger charge is 2.39. The Labute approximate surface area is 128 Å². The molecule has 2 heterocycles. The van der Waals surface area contributed by atoms with Crippen LogP contribution in [0, 0.1) is 13.8 Å². The van der Waals surface area contributed by atoms with Crippen molar-refractivity contribution in [3.63, 3.8) is 0 Å². The summed E-state index contributed by atoms with van der Waals surface area (Å²) in [6.45, 7) is 6.36. The third kappa shape index (κ3) is 3.99. The molecule has 0 aliphatic carbocycles. The van der Waals surface area contributed by atoms with Crippen molar-refractivity contribution in [1.29, 1.82) is 0 Å². The number of aromatic nitrogens is 1. The van der Waals surface area contributed by atoms with Crippen molar-refractivity contribution in [1.82, 2.24) is 10.5 Å². The molecule has 2 unspecified atom stereocenters. The van der Waals surface area contributed by atoms with Gasteiger partial charge in [0, 0.05) is 30.9 Å². The number of rotatable bonds is 6. The van der Waals surface area contributed by atoms with E-state index in [1.165, 1.54) is 11.8 Å². The summed E-state index contributed by atoms with van der Waals surface area (Å²) in [6, 6.07) is 0. The molecule has 1 fully saturated rings. The predicted molar refractivity (Wildman–Crippen MR) is 80.1 cm³/mol. The highest BCUT2D eigenvalue weighted by molar-refractivity contribution is 7.99. The van der Waals surface area contributed by atoms with Crippen LogP contribution in [-0.2, 0) is 15.3 Å². The molecule has 2 N–H and O–H groups in total. The Morgan fingerprint density at radius 1 is 1.57 bits per heavy atom. The zero-order valence-corrected chi connectivity index (χ0v) is 13.5. The summed E-state index contributed by atoms with van der Waals surface area (Å²) in [5, 5.41) is 17.0. The van der Waals surface area contributed by atoms with Crippen LogP contribution in [0.2, 0.25) is 0 Å². The fourth-order valence-corrected chi connectivity index (χ4v) is 3.27. The number of amides is 1. The van der Waals surface area contributed by atoms with Gasteiger partial charge in [-0.05, 0) is 20.8 Å². The summed E-state index contributed by atoms with van der Waals surface area (Å²) >= 11 is 1.50. The molecule has 1 aromatic rings. The first-order valence-electron chi connectivity index (χ1n) is 7.02. The van der Waals surface area contributed by atoms with E-state index in [0.717, 1.165) is 17.0 Å². The van der Waals surface area contributed by atoms with Crippen molar-refractivity contribution in [2.24, 2.45) is 0 Å². The molecule has 2 rings (SSSR count). The van der Waals surface area contributed by atoms with E-state index in [-0.39, 0.29) is 18.6 Å². The van der Waals surface area contributed by atoms with Gasteiger partial charge in [-0.15, -0.1) is 11.8 Å². The van der Waals surface area contributed by atoms with Gasteiger partial charge in [0.2, 0.25) is 5.91 Å². The van der Waals surface area contributed by atoms with Crippen LogP contribution in [0.3, 0.4) is 0 Å². The average molecular weight is 314 g/mol. The van der Waals surface area contributed by atoms with Crippen molar-refractivity contribution in [2.75, 3.05) is 18.9 Å². The number of thioether (sulfide) groups is 1. The number of aryl methyl sites for hydroxylation is 2. The Hall–Kier alpha value is -1.05. The first kappa shape index (κ1) is 16.3. The Balaban J connectivity index is 1.71. The summed E-state index contributed by atoms with van der Waals surface area (Å²) in [5.41, 5.74) is 0.970. The number of carbonyl (C=O) groups excluding carboxylic acids is 1. The molecule has 118 valence electrons. The number of aliphatic hydroxyl groups is 1. The van der Waals surface area contributed by atoms with Gasteiger partial charge >= 0.3 is 0 Å². The minimum atomic E-state index is -0.942. The Morgan fingerprint density at radius 2 is 2.33 bits per heavy atom. The van der Waals surface area contributed by atoms with Gasteiger partial charge in [0.05, 0.1) is 17.6 Å². The lowest BCUT2D eigenvalue weighted by Gasteiger charge is -2.26. The first-order chi connectivity index (χ1) is 9.92. The zero-order valence-electron chi connectivity index (χ0n) is 12.6. The van der Waals surface area contributed by atoms with E-state index in [9.17, 15) is 9.90 Å². The van der Waals surface area contributed by atoms with Crippen LogP contribution in [0.1, 0.15) is 30.4 Å². The Bertz CT molecular complexity index is 486. The number of carbonyl (C=O) groups is 1. The molecule has 1 aliphatic heterocycles. The topological polar surface area (TPSA) is 84.6 Å². The Kier molecular flexibility index (Phi) is 5.29. The van der Waals surface area contributed by atoms with Gasteiger partial charge < -0.3 is 19.7 Å². The molecular formula is C14H22N2O4S. The van der Waals surface area contributed by atoms with E-state index >= 15 is 0 Å². The molecule has 0 spiro atoms. The smallest absolute Gasteiger partial charge is 0.230 e. The summed E-state index contributed by atoms with van der Waals surface area (Å²) < 4.78 is 10.4. The molecule has 1 amide bonds. The highest BCUT2D eigenvalue weighted by Crippen LogP contribution is 2.25. The Morgan fingerprint density at radius 3 is 2.90 bits per heavy atom. The van der Waals surface area contributed by atoms with Crippen LogP contribution in [-0.4, -0.2) is 46.8 Å². The summed E-state index contributed by atoms with van der Waals surface area (Å²) in [5.74, 6) is 1.75. The normalized spacial score (nSPS) is 25.2. The summed E-state index contributed by atoms with van der Waals surface area (Å²) in [6.07, 6.45) is 0.313. The molecule has 0 aromatic carbocycles. The van der Waals surface area contributed by atoms with Crippen molar-refractivity contribution in [3.05, 3.63) is 17.0 Å². The van der Waals surface area contributed by atoms with E-state index < -0.39 is 5.60 Å². The number of hydrogen-bond acceptors (Lipinski definition) is 6. The SMILES string of the molecule is Cc1noc(C)c1CSCC(=O)NCC1(O)CCOC1C. The standard InChI is InChI=1S/C14H22N2O4S/c1-9-12(10(2)20-16-9)6-21-7-13(17)15-8-14(18)4-5-19-11(14)3/h11,18H,4-8H2,1-3H3,(H,15,17). The van der Waals surface area contributed by atoms with Crippen molar-refractivity contribution >= 4 is 17.7 Å². The third-order valence-electron chi connectivity index (χ3n) is 3.91. The second-order valence-electron chi connectivity index (χ2n) is 5.44. The molecule has 6 nitrogen and oxygen atoms in total. The number of hydrogen-bond donors (Lipinski definition) is 2. The van der Waals surface area contributed by atoms with Gasteiger partial charge in [-0.1, -0.05) is 5.16 Å². The van der Waals surface area contributed by atoms with Crippen LogP contribution < -0.4 is 5.32 Å². The fourth-order valence-electron chi connectivity index (χ4n) is 2.26. The van der Waals surface area contributed by atoms with Crippen LogP contribution in [0.25, 0.3) is 0 Å². The zero-order chi connectivity index (χ0) is 15.5. The third-order valence-corrected chi connectivity index (χ3v) is 4.87. The maximum Gasteiger partial charge on any atom is 0.230 e. The first-order valence-corrected chi connectivity index (χ1v) is 8.18. The lowest BCUT2D eigenvalue weighted by atomic mass is 9.97. The second kappa shape index (κ2) is 6.81. The quantitative estimate of drug-likeness (QED) is 0.820. The molecular weight excluding hydrogens is 292 g/mol. The van der Waals surface area contributed by atoms with Crippen molar-refractivity contribution < 1.29 is 19.2 Å². The second-order valence-corrected chi connectivity index (χ2v) is 6.42. The molecule has 0 bridgehead atoms. The van der Waals surface area contributed by atoms with Gasteiger partial charge in [0.1, 0.15) is 11.4 Å². The average Bonchev–Trinajstić information content (AvgIpc) is 2.94. The minimum absolute atomic E-state index is 0.0840. The van der Waals surface area contributed by atoms with E-state index in [1.54, 1.807) is 0 Å². The minimum Gasteiger partial charge on any atom is -0.385 e. The molecule has 0 saturated carbocycles. The van der Waals surface area contributed by atoms with E-state index in [1.807, 2.05) is 20.8 Å². The number of ether oxygens (including phenoxy) is 1. The monoisotopic (exact) mass is 314 g/mol. The highest BCUT2D eigenvalue weighted by atomic mass is 32.2. The molecule has 1 aromatic heterocycles. The predicted octanol–water partition coefficient (Wildman–Crippen LogP) is 1.18. The molecule has 21 heavy (non-hydrogen) atoms. The van der Waals surface area contributed by atoms with Crippen LogP contribution in [0.15, 0.2) is 4.52 Å². The lowest BCUT2D eigenvalue weighted by Crippen LogP contribution is -2.47. The maximum atomic E-state index is 11.8. The molecule has 1 aliphatic rings. The number of nitrogens with one attached hydrogen (secondary N) is 1. The number of nitrogens with zero attached hydrogens (tertiary/aromatic N) is 1. The van der Waals surface area contributed by atoms with Crippen LogP contribution in [0.5, 0.6) is 0 Å². The van der Waals surface area contributed by atoms with Crippen molar-refractivity contribution in [2.45, 2.75) is 44.6 Å². The largest absolute Gasteiger partial charge is 0.385 e. The van der Waals surface area contributed by atoms with Gasteiger partial charge in [-0.3, -0.25) is 4.79 Å². The summed E-state index contributed by atoms with van der Waals surface area (Å²) in [7, 11) is 0. The van der Waals surface area contributed by atoms with Gasteiger partial charge in [0.15, 0.2) is 0 Å². The van der Waals surface area contributed by atoms with Crippen LogP contribution in [0.4, 0.5) is 0 Å². The lowest BCUT2D eigenvalue weighted by molar-refractivity contribution is -0.120. The summed E-state index contributed by atoms with van der Waals surface area (Å²) in [4.78, 5) is 11.8. The van der Waals surface area contributed by atoms with E-state index in [2.05, 4.69) is 10.5 Å². The molecule has 2 atom stereocenters. The maximum absolute atomic E-state index is 11.8. The van der Waals surface area contributed by atoms with Crippen molar-refractivity contribution in [3.8, 4) is 0 Å². The van der Waals surface area contributed by atoms with Crippen LogP contribution >= 0.6 is 11.8 Å². The van der Waals surface area contributed by atoms with E-state index in [0.29, 0.717) is 24.5 Å². The molecule has 0 radical (unpaired) electrons. The molecule has 1 saturated heterocycles. The van der Waals surface area contributed by atoms with Gasteiger partial charge in [-0.25, -0.2) is 0 Å². The van der Waals surface area contributed by atoms with Gasteiger partial charge in [0.25, 0.3) is 0 Å². The van der Waals surface area contributed by atoms with E-state index in [4.69, 9.17) is 9.26 Å². The fraction of sp³-hybridized carbons (Fsp3) is 0.714. The molecule has 7 heteroatoms.